The van der Waals surface area contributed by atoms with Gasteiger partial charge >= 0.3 is 0 Å². The van der Waals surface area contributed by atoms with Crippen molar-refractivity contribution < 1.29 is 8.78 Å². The molecule has 2 aromatic carbocycles. The van der Waals surface area contributed by atoms with Gasteiger partial charge in [-0.15, -0.1) is 0 Å². The molecule has 1 atom stereocenters. The number of rotatable bonds is 6. The van der Waals surface area contributed by atoms with Crippen molar-refractivity contribution in [2.75, 3.05) is 0 Å². The molecule has 0 radical (unpaired) electrons. The Morgan fingerprint density at radius 3 is 2.45 bits per heavy atom. The van der Waals surface area contributed by atoms with E-state index < -0.39 is 11.6 Å². The number of hydrogen-bond acceptors (Lipinski definition) is 1. The molecule has 0 amide bonds. The highest BCUT2D eigenvalue weighted by atomic mass is 19.2. The summed E-state index contributed by atoms with van der Waals surface area (Å²) < 4.78 is 26.8. The quantitative estimate of drug-likeness (QED) is 0.812. The fraction of sp³-hybridized carbons (Fsp3) is 0.294. The van der Waals surface area contributed by atoms with Crippen LogP contribution in [0.1, 0.15) is 36.9 Å². The van der Waals surface area contributed by atoms with Crippen molar-refractivity contribution in [2.24, 2.45) is 0 Å². The molecule has 1 N–H and O–H groups in total. The van der Waals surface area contributed by atoms with E-state index in [0.717, 1.165) is 18.9 Å². The standard InChI is InChI=1S/C17H19F2N/c1-2-7-16(13-8-4-3-5-9-13)20-12-14-10-6-11-15(18)17(14)19/h3-6,8-11,16,20H,2,7,12H2,1H3. The van der Waals surface area contributed by atoms with Gasteiger partial charge in [0.15, 0.2) is 11.6 Å². The van der Waals surface area contributed by atoms with E-state index in [2.05, 4.69) is 24.4 Å². The lowest BCUT2D eigenvalue weighted by atomic mass is 10.0. The molecule has 0 spiro atoms. The normalized spacial score (nSPS) is 12.3. The maximum absolute atomic E-state index is 13.6. The molecule has 0 saturated heterocycles. The summed E-state index contributed by atoms with van der Waals surface area (Å²) in [5, 5.41) is 3.31. The molecule has 1 nitrogen and oxygen atoms in total. The molecule has 0 saturated carbocycles. The van der Waals surface area contributed by atoms with E-state index in [1.54, 1.807) is 6.07 Å². The first-order chi connectivity index (χ1) is 9.72. The van der Waals surface area contributed by atoms with Crippen molar-refractivity contribution in [3.8, 4) is 0 Å². The van der Waals surface area contributed by atoms with Gasteiger partial charge in [0.2, 0.25) is 0 Å². The first kappa shape index (κ1) is 14.7. The number of hydrogen-bond donors (Lipinski definition) is 1. The zero-order valence-corrected chi connectivity index (χ0v) is 11.6. The summed E-state index contributed by atoms with van der Waals surface area (Å²) in [5.41, 5.74) is 1.54. The van der Waals surface area contributed by atoms with Gasteiger partial charge in [0.05, 0.1) is 0 Å². The van der Waals surface area contributed by atoms with Crippen LogP contribution in [0.15, 0.2) is 48.5 Å². The summed E-state index contributed by atoms with van der Waals surface area (Å²) in [4.78, 5) is 0. The van der Waals surface area contributed by atoms with E-state index in [-0.39, 0.29) is 6.04 Å². The Kier molecular flexibility index (Phi) is 5.24. The van der Waals surface area contributed by atoms with Crippen molar-refractivity contribution in [1.29, 1.82) is 0 Å². The third kappa shape index (κ3) is 3.64. The molecule has 2 aromatic rings. The predicted octanol–water partition coefficient (Wildman–Crippen LogP) is 4.60. The maximum atomic E-state index is 13.6. The molecule has 0 aliphatic rings. The Morgan fingerprint density at radius 1 is 1.00 bits per heavy atom. The van der Waals surface area contributed by atoms with Gasteiger partial charge in [0.1, 0.15) is 0 Å². The second-order valence-electron chi connectivity index (χ2n) is 4.85. The van der Waals surface area contributed by atoms with Crippen LogP contribution in [0.4, 0.5) is 8.78 Å². The summed E-state index contributed by atoms with van der Waals surface area (Å²) in [6.45, 7) is 2.43. The first-order valence-electron chi connectivity index (χ1n) is 6.93. The topological polar surface area (TPSA) is 12.0 Å². The van der Waals surface area contributed by atoms with Crippen LogP contribution in [-0.4, -0.2) is 0 Å². The smallest absolute Gasteiger partial charge is 0.163 e. The van der Waals surface area contributed by atoms with Crippen LogP contribution >= 0.6 is 0 Å². The molecule has 0 fully saturated rings. The average molecular weight is 275 g/mol. The van der Waals surface area contributed by atoms with Crippen LogP contribution in [0.2, 0.25) is 0 Å². The Balaban J connectivity index is 2.08. The van der Waals surface area contributed by atoms with E-state index in [4.69, 9.17) is 0 Å². The summed E-state index contributed by atoms with van der Waals surface area (Å²) >= 11 is 0. The van der Waals surface area contributed by atoms with E-state index in [0.29, 0.717) is 12.1 Å². The molecule has 106 valence electrons. The summed E-state index contributed by atoms with van der Waals surface area (Å²) in [6, 6.07) is 14.5. The van der Waals surface area contributed by atoms with Gasteiger partial charge in [0, 0.05) is 18.2 Å². The molecule has 2 rings (SSSR count). The van der Waals surface area contributed by atoms with Crippen LogP contribution in [0.3, 0.4) is 0 Å². The van der Waals surface area contributed by atoms with Gasteiger partial charge in [0.25, 0.3) is 0 Å². The van der Waals surface area contributed by atoms with Crippen LogP contribution < -0.4 is 5.32 Å². The van der Waals surface area contributed by atoms with Crippen molar-refractivity contribution in [3.63, 3.8) is 0 Å². The van der Waals surface area contributed by atoms with E-state index in [1.165, 1.54) is 11.6 Å². The molecule has 0 bridgehead atoms. The number of halogens is 2. The minimum absolute atomic E-state index is 0.156. The minimum atomic E-state index is -0.795. The Morgan fingerprint density at radius 2 is 1.75 bits per heavy atom. The fourth-order valence-corrected chi connectivity index (χ4v) is 2.28. The molecule has 0 aliphatic carbocycles. The van der Waals surface area contributed by atoms with Crippen molar-refractivity contribution in [3.05, 3.63) is 71.3 Å². The van der Waals surface area contributed by atoms with Crippen LogP contribution in [0, 0.1) is 11.6 Å². The molecule has 0 heterocycles. The second-order valence-corrected chi connectivity index (χ2v) is 4.85. The molecule has 0 aromatic heterocycles. The van der Waals surface area contributed by atoms with E-state index in [1.807, 2.05) is 18.2 Å². The lowest BCUT2D eigenvalue weighted by Gasteiger charge is -2.19. The molecule has 0 aliphatic heterocycles. The SMILES string of the molecule is CCCC(NCc1cccc(F)c1F)c1ccccc1. The summed E-state index contributed by atoms with van der Waals surface area (Å²) in [6.07, 6.45) is 1.99. The van der Waals surface area contributed by atoms with Crippen LogP contribution in [-0.2, 0) is 6.54 Å². The average Bonchev–Trinajstić information content (AvgIpc) is 2.48. The van der Waals surface area contributed by atoms with Gasteiger partial charge < -0.3 is 5.32 Å². The third-order valence-electron chi connectivity index (χ3n) is 3.35. The number of nitrogens with one attached hydrogen (secondary N) is 1. The van der Waals surface area contributed by atoms with E-state index in [9.17, 15) is 8.78 Å². The van der Waals surface area contributed by atoms with Gasteiger partial charge in [-0.1, -0.05) is 55.8 Å². The Labute approximate surface area is 118 Å². The highest BCUT2D eigenvalue weighted by molar-refractivity contribution is 5.21. The maximum Gasteiger partial charge on any atom is 0.163 e. The minimum Gasteiger partial charge on any atom is -0.306 e. The zero-order chi connectivity index (χ0) is 14.4. The predicted molar refractivity (Wildman–Crippen MR) is 77.3 cm³/mol. The second kappa shape index (κ2) is 7.15. The van der Waals surface area contributed by atoms with Gasteiger partial charge in [-0.3, -0.25) is 0 Å². The van der Waals surface area contributed by atoms with Crippen LogP contribution in [0.5, 0.6) is 0 Å². The van der Waals surface area contributed by atoms with Crippen molar-refractivity contribution >= 4 is 0 Å². The van der Waals surface area contributed by atoms with Gasteiger partial charge in [-0.25, -0.2) is 8.78 Å². The molecular weight excluding hydrogens is 256 g/mol. The Hall–Kier alpha value is -1.74. The highest BCUT2D eigenvalue weighted by Crippen LogP contribution is 2.19. The molecular formula is C17H19F2N. The monoisotopic (exact) mass is 275 g/mol. The summed E-state index contributed by atoms with van der Waals surface area (Å²) in [7, 11) is 0. The first-order valence-corrected chi connectivity index (χ1v) is 6.93. The lowest BCUT2D eigenvalue weighted by Crippen LogP contribution is -2.21. The fourth-order valence-electron chi connectivity index (χ4n) is 2.28. The highest BCUT2D eigenvalue weighted by Gasteiger charge is 2.12. The van der Waals surface area contributed by atoms with Crippen LogP contribution in [0.25, 0.3) is 0 Å². The lowest BCUT2D eigenvalue weighted by molar-refractivity contribution is 0.463. The molecule has 20 heavy (non-hydrogen) atoms. The van der Waals surface area contributed by atoms with E-state index >= 15 is 0 Å². The van der Waals surface area contributed by atoms with Gasteiger partial charge in [-0.2, -0.15) is 0 Å². The molecule has 3 heteroatoms. The zero-order valence-electron chi connectivity index (χ0n) is 11.6. The van der Waals surface area contributed by atoms with Crippen molar-refractivity contribution in [2.45, 2.75) is 32.4 Å². The largest absolute Gasteiger partial charge is 0.306 e. The summed E-state index contributed by atoms with van der Waals surface area (Å²) in [5.74, 6) is -1.56. The third-order valence-corrected chi connectivity index (χ3v) is 3.35. The Bertz CT molecular complexity index is 540. The van der Waals surface area contributed by atoms with Gasteiger partial charge in [-0.05, 0) is 18.1 Å². The number of benzene rings is 2. The molecule has 1 unspecified atom stereocenters. The van der Waals surface area contributed by atoms with Crippen molar-refractivity contribution in [1.82, 2.24) is 5.32 Å².